The van der Waals surface area contributed by atoms with Gasteiger partial charge in [0.1, 0.15) is 11.3 Å². The lowest BCUT2D eigenvalue weighted by molar-refractivity contribution is 0.0943. The molecule has 0 fully saturated rings. The van der Waals surface area contributed by atoms with E-state index in [2.05, 4.69) is 25.8 Å². The number of amides is 2. The van der Waals surface area contributed by atoms with E-state index in [4.69, 9.17) is 4.42 Å². The summed E-state index contributed by atoms with van der Waals surface area (Å²) in [5, 5.41) is 14.0. The number of fused-ring (bicyclic) bond motifs is 1. The van der Waals surface area contributed by atoms with Crippen molar-refractivity contribution in [1.82, 2.24) is 29.7 Å². The highest BCUT2D eigenvalue weighted by atomic mass is 16.3. The minimum atomic E-state index is -0.418. The molecule has 10 heteroatoms. The zero-order valence-electron chi connectivity index (χ0n) is 16.8. The van der Waals surface area contributed by atoms with Crippen LogP contribution in [0, 0.1) is 13.8 Å². The summed E-state index contributed by atoms with van der Waals surface area (Å²) in [5.41, 5.74) is 2.85. The highest BCUT2D eigenvalue weighted by molar-refractivity contribution is 6.10. The average Bonchev–Trinajstić information content (AvgIpc) is 3.45. The van der Waals surface area contributed by atoms with Crippen LogP contribution in [0.15, 0.2) is 41.3 Å². The Labute approximate surface area is 171 Å². The number of carbonyl (C=O) groups excluding carboxylic acids is 2. The molecule has 0 aliphatic carbocycles. The predicted octanol–water partition coefficient (Wildman–Crippen LogP) is 2.34. The van der Waals surface area contributed by atoms with E-state index >= 15 is 0 Å². The maximum atomic E-state index is 12.9. The van der Waals surface area contributed by atoms with Gasteiger partial charge in [0.05, 0.1) is 24.7 Å². The molecule has 2 N–H and O–H groups in total. The van der Waals surface area contributed by atoms with E-state index in [0.29, 0.717) is 29.2 Å². The summed E-state index contributed by atoms with van der Waals surface area (Å²) in [4.78, 5) is 30.0. The smallest absolute Gasteiger partial charge is 0.274 e. The van der Waals surface area contributed by atoms with Gasteiger partial charge in [-0.2, -0.15) is 10.2 Å². The standard InChI is InChI=1S/C20H21N7O3/c1-4-26-11-16(17(25-26)20(29)21-9-14-6-5-7-30-14)24-19(28)15-10-22-27-13(3)8-12(2)23-18(15)27/h5-8,10-11H,4,9H2,1-3H3,(H,21,29)(H,24,28). The minimum absolute atomic E-state index is 0.119. The fourth-order valence-corrected chi connectivity index (χ4v) is 3.13. The van der Waals surface area contributed by atoms with Gasteiger partial charge in [-0.25, -0.2) is 9.50 Å². The molecular weight excluding hydrogens is 386 g/mol. The van der Waals surface area contributed by atoms with Gasteiger partial charge >= 0.3 is 0 Å². The van der Waals surface area contributed by atoms with Crippen molar-refractivity contribution in [3.05, 3.63) is 65.3 Å². The van der Waals surface area contributed by atoms with Gasteiger partial charge in [-0.15, -0.1) is 0 Å². The molecule has 0 unspecified atom stereocenters. The Morgan fingerprint density at radius 1 is 1.23 bits per heavy atom. The van der Waals surface area contributed by atoms with Crippen LogP contribution in [-0.4, -0.2) is 36.2 Å². The van der Waals surface area contributed by atoms with Crippen LogP contribution in [-0.2, 0) is 13.1 Å². The third-order valence-corrected chi connectivity index (χ3v) is 4.57. The van der Waals surface area contributed by atoms with Crippen LogP contribution in [0.1, 0.15) is 44.9 Å². The maximum absolute atomic E-state index is 12.9. The molecule has 30 heavy (non-hydrogen) atoms. The van der Waals surface area contributed by atoms with Crippen LogP contribution in [0.4, 0.5) is 5.69 Å². The summed E-state index contributed by atoms with van der Waals surface area (Å²) >= 11 is 0. The Morgan fingerprint density at radius 3 is 2.80 bits per heavy atom. The van der Waals surface area contributed by atoms with Crippen molar-refractivity contribution in [2.75, 3.05) is 5.32 Å². The topological polar surface area (TPSA) is 119 Å². The molecule has 0 aliphatic heterocycles. The number of anilines is 1. The van der Waals surface area contributed by atoms with E-state index in [-0.39, 0.29) is 12.2 Å². The Hall–Kier alpha value is -3.95. The Kier molecular flexibility index (Phi) is 5.05. The third-order valence-electron chi connectivity index (χ3n) is 4.57. The molecular formula is C20H21N7O3. The second-order valence-corrected chi connectivity index (χ2v) is 6.80. The first-order valence-corrected chi connectivity index (χ1v) is 9.47. The molecule has 154 valence electrons. The highest BCUT2D eigenvalue weighted by Crippen LogP contribution is 2.18. The molecule has 0 aliphatic rings. The van der Waals surface area contributed by atoms with Crippen LogP contribution in [0.5, 0.6) is 0 Å². The molecule has 4 heterocycles. The predicted molar refractivity (Wildman–Crippen MR) is 108 cm³/mol. The lowest BCUT2D eigenvalue weighted by atomic mass is 10.2. The van der Waals surface area contributed by atoms with Gasteiger partial charge in [-0.1, -0.05) is 0 Å². The normalized spacial score (nSPS) is 11.0. The van der Waals surface area contributed by atoms with Crippen LogP contribution in [0.25, 0.3) is 5.65 Å². The van der Waals surface area contributed by atoms with E-state index in [1.807, 2.05) is 26.8 Å². The second kappa shape index (κ2) is 7.82. The monoisotopic (exact) mass is 407 g/mol. The number of nitrogens with zero attached hydrogens (tertiary/aromatic N) is 5. The molecule has 4 aromatic heterocycles. The number of hydrogen-bond donors (Lipinski definition) is 2. The largest absolute Gasteiger partial charge is 0.467 e. The fraction of sp³-hybridized carbons (Fsp3) is 0.250. The zero-order valence-corrected chi connectivity index (χ0v) is 16.8. The van der Waals surface area contributed by atoms with E-state index in [1.54, 1.807) is 27.5 Å². The summed E-state index contributed by atoms with van der Waals surface area (Å²) in [6.07, 6.45) is 4.62. The Morgan fingerprint density at radius 2 is 2.07 bits per heavy atom. The highest BCUT2D eigenvalue weighted by Gasteiger charge is 2.22. The summed E-state index contributed by atoms with van der Waals surface area (Å²) in [6.45, 7) is 6.40. The third kappa shape index (κ3) is 3.66. The number of aryl methyl sites for hydroxylation is 3. The summed E-state index contributed by atoms with van der Waals surface area (Å²) in [5.74, 6) is -0.219. The molecule has 0 aromatic carbocycles. The van der Waals surface area contributed by atoms with Crippen LogP contribution < -0.4 is 10.6 Å². The molecule has 4 rings (SSSR count). The molecule has 0 bridgehead atoms. The van der Waals surface area contributed by atoms with E-state index < -0.39 is 11.8 Å². The number of nitrogens with one attached hydrogen (secondary N) is 2. The molecule has 10 nitrogen and oxygen atoms in total. The molecule has 0 atom stereocenters. The van der Waals surface area contributed by atoms with Crippen LogP contribution in [0.2, 0.25) is 0 Å². The fourth-order valence-electron chi connectivity index (χ4n) is 3.13. The van der Waals surface area contributed by atoms with Gasteiger partial charge in [-0.3, -0.25) is 14.3 Å². The number of aromatic nitrogens is 5. The van der Waals surface area contributed by atoms with Gasteiger partial charge in [0, 0.05) is 24.1 Å². The number of carbonyl (C=O) groups is 2. The van der Waals surface area contributed by atoms with Gasteiger partial charge in [-0.05, 0) is 39.0 Å². The minimum Gasteiger partial charge on any atom is -0.467 e. The maximum Gasteiger partial charge on any atom is 0.274 e. The van der Waals surface area contributed by atoms with Crippen molar-refractivity contribution in [2.24, 2.45) is 0 Å². The van der Waals surface area contributed by atoms with Crippen molar-refractivity contribution in [1.29, 1.82) is 0 Å². The quantitative estimate of drug-likeness (QED) is 0.506. The Balaban J connectivity index is 1.59. The van der Waals surface area contributed by atoms with E-state index in [9.17, 15) is 9.59 Å². The lowest BCUT2D eigenvalue weighted by Gasteiger charge is -2.06. The van der Waals surface area contributed by atoms with Crippen LogP contribution in [0.3, 0.4) is 0 Å². The number of furan rings is 1. The SMILES string of the molecule is CCn1cc(NC(=O)c2cnn3c(C)cc(C)nc23)c(C(=O)NCc2ccco2)n1. The lowest BCUT2D eigenvalue weighted by Crippen LogP contribution is -2.25. The van der Waals surface area contributed by atoms with Crippen molar-refractivity contribution in [3.8, 4) is 0 Å². The van der Waals surface area contributed by atoms with Crippen LogP contribution >= 0.6 is 0 Å². The van der Waals surface area contributed by atoms with E-state index in [1.165, 1.54) is 12.5 Å². The first-order chi connectivity index (χ1) is 14.5. The molecule has 0 saturated carbocycles. The molecule has 4 aromatic rings. The second-order valence-electron chi connectivity index (χ2n) is 6.80. The number of rotatable bonds is 6. The first kappa shape index (κ1) is 19.4. The van der Waals surface area contributed by atoms with Crippen molar-refractivity contribution in [2.45, 2.75) is 33.9 Å². The molecule has 0 spiro atoms. The van der Waals surface area contributed by atoms with Crippen molar-refractivity contribution >= 4 is 23.1 Å². The molecule has 2 amide bonds. The summed E-state index contributed by atoms with van der Waals surface area (Å²) in [6, 6.07) is 5.39. The summed E-state index contributed by atoms with van der Waals surface area (Å²) in [7, 11) is 0. The van der Waals surface area contributed by atoms with Gasteiger partial charge in [0.2, 0.25) is 0 Å². The van der Waals surface area contributed by atoms with Crippen molar-refractivity contribution in [3.63, 3.8) is 0 Å². The van der Waals surface area contributed by atoms with Gasteiger partial charge in [0.25, 0.3) is 11.8 Å². The number of hydrogen-bond acceptors (Lipinski definition) is 6. The average molecular weight is 407 g/mol. The summed E-state index contributed by atoms with van der Waals surface area (Å²) < 4.78 is 8.41. The van der Waals surface area contributed by atoms with Gasteiger partial charge < -0.3 is 15.1 Å². The first-order valence-electron chi connectivity index (χ1n) is 9.47. The molecule has 0 radical (unpaired) electrons. The molecule has 0 saturated heterocycles. The van der Waals surface area contributed by atoms with Crippen molar-refractivity contribution < 1.29 is 14.0 Å². The Bertz CT molecular complexity index is 1220. The zero-order chi connectivity index (χ0) is 21.3. The van der Waals surface area contributed by atoms with E-state index in [0.717, 1.165) is 11.4 Å². The van der Waals surface area contributed by atoms with Gasteiger partial charge in [0.15, 0.2) is 11.3 Å².